The van der Waals surface area contributed by atoms with Gasteiger partial charge in [0.1, 0.15) is 5.82 Å². The van der Waals surface area contributed by atoms with Gasteiger partial charge in [0, 0.05) is 34.0 Å². The van der Waals surface area contributed by atoms with E-state index in [0.29, 0.717) is 28.0 Å². The molecule has 2 N–H and O–H groups in total. The summed E-state index contributed by atoms with van der Waals surface area (Å²) < 4.78 is 0. The Morgan fingerprint density at radius 2 is 1.76 bits per heavy atom. The third kappa shape index (κ3) is 4.95. The lowest BCUT2D eigenvalue weighted by molar-refractivity contribution is 0.0951. The molecular weight excluding hydrogens is 357 g/mol. The Morgan fingerprint density at radius 1 is 0.960 bits per heavy atom. The molecule has 1 heterocycles. The number of aromatic nitrogens is 1. The number of nitrogens with one attached hydrogen (secondary N) is 2. The molecule has 0 aliphatic carbocycles. The first-order valence-corrected chi connectivity index (χ1v) is 8.37. The lowest BCUT2D eigenvalue weighted by atomic mass is 10.2. The zero-order chi connectivity index (χ0) is 17.6. The minimum atomic E-state index is -0.175. The van der Waals surface area contributed by atoms with Gasteiger partial charge in [-0.3, -0.25) is 4.79 Å². The Labute approximate surface area is 155 Å². The van der Waals surface area contributed by atoms with Crippen LogP contribution in [0.5, 0.6) is 0 Å². The largest absolute Gasteiger partial charge is 0.348 e. The van der Waals surface area contributed by atoms with Gasteiger partial charge in [0.25, 0.3) is 5.91 Å². The quantitative estimate of drug-likeness (QED) is 0.658. The van der Waals surface area contributed by atoms with Crippen molar-refractivity contribution in [2.24, 2.45) is 0 Å². The second kappa shape index (κ2) is 8.01. The molecular formula is C19H15Cl2N3O. The van der Waals surface area contributed by atoms with Gasteiger partial charge >= 0.3 is 0 Å². The van der Waals surface area contributed by atoms with Crippen LogP contribution in [0.3, 0.4) is 0 Å². The highest BCUT2D eigenvalue weighted by atomic mass is 35.5. The van der Waals surface area contributed by atoms with Crippen LogP contribution < -0.4 is 10.6 Å². The monoisotopic (exact) mass is 371 g/mol. The van der Waals surface area contributed by atoms with Gasteiger partial charge in [-0.25, -0.2) is 4.98 Å². The SMILES string of the molecule is O=C(NCc1ccc(Cl)cc1)c1ccnc(Nc2cccc(Cl)c2)c1. The Kier molecular flexibility index (Phi) is 5.53. The van der Waals surface area contributed by atoms with Gasteiger partial charge in [-0.1, -0.05) is 41.4 Å². The lowest BCUT2D eigenvalue weighted by Gasteiger charge is -2.09. The van der Waals surface area contributed by atoms with Gasteiger partial charge in [-0.15, -0.1) is 0 Å². The first-order valence-electron chi connectivity index (χ1n) is 7.61. The molecule has 3 rings (SSSR count). The first kappa shape index (κ1) is 17.3. The number of hydrogen-bond acceptors (Lipinski definition) is 3. The molecule has 2 aromatic carbocycles. The highest BCUT2D eigenvalue weighted by Gasteiger charge is 2.07. The number of hydrogen-bond donors (Lipinski definition) is 2. The van der Waals surface area contributed by atoms with Crippen LogP contribution in [-0.4, -0.2) is 10.9 Å². The number of amides is 1. The molecule has 0 fully saturated rings. The maximum atomic E-state index is 12.3. The van der Waals surface area contributed by atoms with Crippen LogP contribution >= 0.6 is 23.2 Å². The van der Waals surface area contributed by atoms with E-state index < -0.39 is 0 Å². The fourth-order valence-corrected chi connectivity index (χ4v) is 2.56. The molecule has 0 atom stereocenters. The third-order valence-corrected chi connectivity index (χ3v) is 3.97. The summed E-state index contributed by atoms with van der Waals surface area (Å²) in [4.78, 5) is 16.6. The Balaban J connectivity index is 1.65. The fourth-order valence-electron chi connectivity index (χ4n) is 2.24. The van der Waals surface area contributed by atoms with E-state index in [0.717, 1.165) is 11.3 Å². The smallest absolute Gasteiger partial charge is 0.251 e. The number of carbonyl (C=O) groups is 1. The third-order valence-electron chi connectivity index (χ3n) is 3.49. The van der Waals surface area contributed by atoms with Gasteiger partial charge in [-0.2, -0.15) is 0 Å². The van der Waals surface area contributed by atoms with E-state index in [9.17, 15) is 4.79 Å². The first-order chi connectivity index (χ1) is 12.1. The van der Waals surface area contributed by atoms with Crippen molar-refractivity contribution >= 4 is 40.6 Å². The van der Waals surface area contributed by atoms with Crippen molar-refractivity contribution in [1.29, 1.82) is 0 Å². The molecule has 1 aromatic heterocycles. The number of pyridine rings is 1. The summed E-state index contributed by atoms with van der Waals surface area (Å²) in [7, 11) is 0. The topological polar surface area (TPSA) is 54.0 Å². The van der Waals surface area contributed by atoms with E-state index in [4.69, 9.17) is 23.2 Å². The second-order valence-electron chi connectivity index (χ2n) is 5.37. The van der Waals surface area contributed by atoms with Crippen molar-refractivity contribution in [2.45, 2.75) is 6.54 Å². The van der Waals surface area contributed by atoms with E-state index >= 15 is 0 Å². The van der Waals surface area contributed by atoms with Crippen LogP contribution in [0, 0.1) is 0 Å². The highest BCUT2D eigenvalue weighted by Crippen LogP contribution is 2.19. The molecule has 0 spiro atoms. The van der Waals surface area contributed by atoms with Crippen LogP contribution in [0.4, 0.5) is 11.5 Å². The summed E-state index contributed by atoms with van der Waals surface area (Å²) >= 11 is 11.8. The summed E-state index contributed by atoms with van der Waals surface area (Å²) in [5.74, 6) is 0.396. The number of benzene rings is 2. The van der Waals surface area contributed by atoms with E-state index in [-0.39, 0.29) is 5.91 Å². The number of nitrogens with zero attached hydrogens (tertiary/aromatic N) is 1. The van der Waals surface area contributed by atoms with Crippen LogP contribution in [-0.2, 0) is 6.54 Å². The average Bonchev–Trinajstić information content (AvgIpc) is 2.61. The fraction of sp³-hybridized carbons (Fsp3) is 0.0526. The zero-order valence-electron chi connectivity index (χ0n) is 13.2. The molecule has 6 heteroatoms. The molecule has 0 saturated heterocycles. The predicted molar refractivity (Wildman–Crippen MR) is 102 cm³/mol. The van der Waals surface area contributed by atoms with E-state index in [1.54, 1.807) is 42.6 Å². The summed E-state index contributed by atoms with van der Waals surface area (Å²) in [6.07, 6.45) is 1.59. The van der Waals surface area contributed by atoms with Crippen LogP contribution in [0.15, 0.2) is 66.9 Å². The van der Waals surface area contributed by atoms with Crippen molar-refractivity contribution in [1.82, 2.24) is 10.3 Å². The van der Waals surface area contributed by atoms with E-state index in [2.05, 4.69) is 15.6 Å². The molecule has 0 aliphatic heterocycles. The summed E-state index contributed by atoms with van der Waals surface area (Å²) in [6.45, 7) is 0.426. The van der Waals surface area contributed by atoms with Crippen molar-refractivity contribution in [3.8, 4) is 0 Å². The van der Waals surface area contributed by atoms with Gasteiger partial charge in [0.15, 0.2) is 0 Å². The predicted octanol–water partition coefficient (Wildman–Crippen LogP) is 5.06. The number of rotatable bonds is 5. The van der Waals surface area contributed by atoms with E-state index in [1.165, 1.54) is 0 Å². The number of halogens is 2. The molecule has 126 valence electrons. The molecule has 0 unspecified atom stereocenters. The van der Waals surface area contributed by atoms with Crippen LogP contribution in [0.2, 0.25) is 10.0 Å². The molecule has 4 nitrogen and oxygen atoms in total. The van der Waals surface area contributed by atoms with E-state index in [1.807, 2.05) is 24.3 Å². The second-order valence-corrected chi connectivity index (χ2v) is 6.25. The Morgan fingerprint density at radius 3 is 2.52 bits per heavy atom. The minimum Gasteiger partial charge on any atom is -0.348 e. The lowest BCUT2D eigenvalue weighted by Crippen LogP contribution is -2.22. The highest BCUT2D eigenvalue weighted by molar-refractivity contribution is 6.31. The molecule has 3 aromatic rings. The summed E-state index contributed by atoms with van der Waals surface area (Å²) in [5, 5.41) is 7.30. The molecule has 25 heavy (non-hydrogen) atoms. The molecule has 0 bridgehead atoms. The molecule has 0 saturated carbocycles. The standard InChI is InChI=1S/C19H15Cl2N3O/c20-15-6-4-13(5-7-15)12-23-19(25)14-8-9-22-18(10-14)24-17-3-1-2-16(21)11-17/h1-11H,12H2,(H,22,24)(H,23,25). The molecule has 1 amide bonds. The Hall–Kier alpha value is -2.56. The normalized spacial score (nSPS) is 10.3. The van der Waals surface area contributed by atoms with Crippen molar-refractivity contribution in [3.05, 3.63) is 88.0 Å². The average molecular weight is 372 g/mol. The maximum absolute atomic E-state index is 12.3. The van der Waals surface area contributed by atoms with Crippen LogP contribution in [0.25, 0.3) is 0 Å². The number of anilines is 2. The molecule has 0 aliphatic rings. The van der Waals surface area contributed by atoms with Gasteiger partial charge in [0.2, 0.25) is 0 Å². The summed E-state index contributed by atoms with van der Waals surface area (Å²) in [5.41, 5.74) is 2.30. The van der Waals surface area contributed by atoms with Crippen molar-refractivity contribution in [2.75, 3.05) is 5.32 Å². The molecule has 0 radical (unpaired) electrons. The maximum Gasteiger partial charge on any atom is 0.251 e. The van der Waals surface area contributed by atoms with Gasteiger partial charge < -0.3 is 10.6 Å². The minimum absolute atomic E-state index is 0.175. The summed E-state index contributed by atoms with van der Waals surface area (Å²) in [6, 6.07) is 18.0. The van der Waals surface area contributed by atoms with Crippen molar-refractivity contribution < 1.29 is 4.79 Å². The van der Waals surface area contributed by atoms with Gasteiger partial charge in [0.05, 0.1) is 0 Å². The Bertz CT molecular complexity index is 882. The zero-order valence-corrected chi connectivity index (χ0v) is 14.7. The van der Waals surface area contributed by atoms with Crippen LogP contribution in [0.1, 0.15) is 15.9 Å². The number of carbonyl (C=O) groups excluding carboxylic acids is 1. The van der Waals surface area contributed by atoms with Gasteiger partial charge in [-0.05, 0) is 48.0 Å². The van der Waals surface area contributed by atoms with Crippen molar-refractivity contribution in [3.63, 3.8) is 0 Å².